The second-order valence-electron chi connectivity index (χ2n) is 6.42. The number of guanidine groups is 1. The van der Waals surface area contributed by atoms with Crippen LogP contribution in [0.25, 0.3) is 0 Å². The van der Waals surface area contributed by atoms with Gasteiger partial charge in [-0.1, -0.05) is 23.7 Å². The van der Waals surface area contributed by atoms with Gasteiger partial charge >= 0.3 is 0 Å². The molecule has 0 aliphatic carbocycles. The summed E-state index contributed by atoms with van der Waals surface area (Å²) in [7, 11) is 3.87. The van der Waals surface area contributed by atoms with Crippen molar-refractivity contribution in [1.82, 2.24) is 15.1 Å². The van der Waals surface area contributed by atoms with Crippen molar-refractivity contribution in [3.8, 4) is 0 Å². The summed E-state index contributed by atoms with van der Waals surface area (Å²) in [6.45, 7) is 8.75. The van der Waals surface area contributed by atoms with Gasteiger partial charge in [0.2, 0.25) is 0 Å². The third kappa shape index (κ3) is 6.92. The smallest absolute Gasteiger partial charge is 0.193 e. The molecule has 142 valence electrons. The van der Waals surface area contributed by atoms with E-state index in [1.54, 1.807) is 0 Å². The molecule has 1 fully saturated rings. The van der Waals surface area contributed by atoms with Crippen LogP contribution in [0.4, 0.5) is 0 Å². The van der Waals surface area contributed by atoms with Gasteiger partial charge in [-0.25, -0.2) is 0 Å². The van der Waals surface area contributed by atoms with Gasteiger partial charge < -0.3 is 15.0 Å². The summed E-state index contributed by atoms with van der Waals surface area (Å²) in [6, 6.07) is 8.83. The molecular formula is C18H30ClIN4O. The second kappa shape index (κ2) is 11.2. The lowest BCUT2D eigenvalue weighted by atomic mass is 10.2. The highest BCUT2D eigenvalue weighted by molar-refractivity contribution is 14.0. The van der Waals surface area contributed by atoms with E-state index in [0.29, 0.717) is 12.1 Å². The zero-order valence-corrected chi connectivity index (χ0v) is 18.6. The Morgan fingerprint density at radius 2 is 2.12 bits per heavy atom. The summed E-state index contributed by atoms with van der Waals surface area (Å²) < 4.78 is 5.52. The van der Waals surface area contributed by atoms with E-state index in [4.69, 9.17) is 16.3 Å². The second-order valence-corrected chi connectivity index (χ2v) is 6.86. The quantitative estimate of drug-likeness (QED) is 0.399. The first-order valence-corrected chi connectivity index (χ1v) is 8.88. The van der Waals surface area contributed by atoms with Crippen LogP contribution < -0.4 is 5.32 Å². The number of rotatable bonds is 5. The van der Waals surface area contributed by atoms with Gasteiger partial charge in [0.25, 0.3) is 0 Å². The van der Waals surface area contributed by atoms with Crippen molar-refractivity contribution in [2.75, 3.05) is 40.4 Å². The largest absolute Gasteiger partial charge is 0.379 e. The molecule has 1 aromatic rings. The van der Waals surface area contributed by atoms with Crippen molar-refractivity contribution in [3.63, 3.8) is 0 Å². The molecule has 0 bridgehead atoms. The van der Waals surface area contributed by atoms with E-state index >= 15 is 0 Å². The summed E-state index contributed by atoms with van der Waals surface area (Å²) in [6.07, 6.45) is 0. The first-order chi connectivity index (χ1) is 11.5. The van der Waals surface area contributed by atoms with E-state index < -0.39 is 0 Å². The van der Waals surface area contributed by atoms with Crippen molar-refractivity contribution in [3.05, 3.63) is 34.9 Å². The van der Waals surface area contributed by atoms with Crippen LogP contribution in [0, 0.1) is 0 Å². The number of halogens is 2. The Morgan fingerprint density at radius 3 is 2.72 bits per heavy atom. The standard InChI is InChI=1S/C18H29ClN4O.HI/c1-14(23-9-10-24-13-15(23)2)11-21-18(20-3)22(4)12-16-5-7-17(19)8-6-16;/h5-8,14-15H,9-13H2,1-4H3,(H,20,21);1H. The van der Waals surface area contributed by atoms with E-state index in [2.05, 4.69) is 34.0 Å². The molecule has 1 aliphatic heterocycles. The summed E-state index contributed by atoms with van der Waals surface area (Å²) in [4.78, 5) is 9.01. The van der Waals surface area contributed by atoms with Gasteiger partial charge in [-0.3, -0.25) is 9.89 Å². The summed E-state index contributed by atoms with van der Waals surface area (Å²) >= 11 is 5.94. The van der Waals surface area contributed by atoms with Crippen LogP contribution >= 0.6 is 35.6 Å². The van der Waals surface area contributed by atoms with Gasteiger partial charge in [0, 0.05) is 50.8 Å². The van der Waals surface area contributed by atoms with E-state index in [9.17, 15) is 0 Å². The lowest BCUT2D eigenvalue weighted by Crippen LogP contribution is -2.53. The van der Waals surface area contributed by atoms with Gasteiger partial charge in [0.1, 0.15) is 0 Å². The predicted molar refractivity (Wildman–Crippen MR) is 116 cm³/mol. The van der Waals surface area contributed by atoms with Gasteiger partial charge in [0.15, 0.2) is 5.96 Å². The molecule has 1 aliphatic rings. The Hall–Kier alpha value is -0.570. The Morgan fingerprint density at radius 1 is 1.44 bits per heavy atom. The molecule has 0 aromatic heterocycles. The third-order valence-corrected chi connectivity index (χ3v) is 4.70. The first-order valence-electron chi connectivity index (χ1n) is 8.51. The molecule has 5 nitrogen and oxygen atoms in total. The fourth-order valence-corrected chi connectivity index (χ4v) is 3.20. The molecular weight excluding hydrogens is 451 g/mol. The number of nitrogens with zero attached hydrogens (tertiary/aromatic N) is 3. The third-order valence-electron chi connectivity index (χ3n) is 4.45. The lowest BCUT2D eigenvalue weighted by Gasteiger charge is -2.38. The lowest BCUT2D eigenvalue weighted by molar-refractivity contribution is -0.0175. The van der Waals surface area contributed by atoms with Gasteiger partial charge in [-0.2, -0.15) is 0 Å². The zero-order chi connectivity index (χ0) is 17.5. The van der Waals surface area contributed by atoms with E-state index in [1.165, 1.54) is 5.56 Å². The number of hydrogen-bond acceptors (Lipinski definition) is 3. The number of hydrogen-bond donors (Lipinski definition) is 1. The van der Waals surface area contributed by atoms with Crippen LogP contribution in [0.5, 0.6) is 0 Å². The monoisotopic (exact) mass is 480 g/mol. The highest BCUT2D eigenvalue weighted by Crippen LogP contribution is 2.12. The fraction of sp³-hybridized carbons (Fsp3) is 0.611. The summed E-state index contributed by atoms with van der Waals surface area (Å²) in [5.41, 5.74) is 1.21. The zero-order valence-electron chi connectivity index (χ0n) is 15.5. The molecule has 0 saturated carbocycles. The van der Waals surface area contributed by atoms with Crippen molar-refractivity contribution < 1.29 is 4.74 Å². The fourth-order valence-electron chi connectivity index (χ4n) is 3.07. The average molecular weight is 481 g/mol. The molecule has 1 saturated heterocycles. The number of benzene rings is 1. The van der Waals surface area contributed by atoms with Crippen LogP contribution in [0.1, 0.15) is 19.4 Å². The van der Waals surface area contributed by atoms with Gasteiger partial charge in [0.05, 0.1) is 13.2 Å². The maximum absolute atomic E-state index is 5.94. The molecule has 2 atom stereocenters. The Balaban J connectivity index is 0.00000312. The topological polar surface area (TPSA) is 40.1 Å². The predicted octanol–water partition coefficient (Wildman–Crippen LogP) is 3.07. The number of nitrogens with one attached hydrogen (secondary N) is 1. The summed E-state index contributed by atoms with van der Waals surface area (Å²) in [5.74, 6) is 0.901. The van der Waals surface area contributed by atoms with Crippen molar-refractivity contribution in [1.29, 1.82) is 0 Å². The molecule has 2 unspecified atom stereocenters. The van der Waals surface area contributed by atoms with Crippen LogP contribution in [0.15, 0.2) is 29.3 Å². The van der Waals surface area contributed by atoms with Crippen LogP contribution in [0.2, 0.25) is 5.02 Å². The van der Waals surface area contributed by atoms with Crippen molar-refractivity contribution in [2.45, 2.75) is 32.5 Å². The highest BCUT2D eigenvalue weighted by atomic mass is 127. The van der Waals surface area contributed by atoms with E-state index in [1.807, 2.05) is 38.4 Å². The van der Waals surface area contributed by atoms with Gasteiger partial charge in [-0.05, 0) is 31.5 Å². The van der Waals surface area contributed by atoms with E-state index in [0.717, 1.165) is 43.8 Å². The molecule has 0 radical (unpaired) electrons. The maximum atomic E-state index is 5.94. The van der Waals surface area contributed by atoms with Crippen LogP contribution in [-0.4, -0.2) is 68.2 Å². The molecule has 1 aromatic carbocycles. The minimum Gasteiger partial charge on any atom is -0.379 e. The SMILES string of the molecule is CN=C(NCC(C)N1CCOCC1C)N(C)Cc1ccc(Cl)cc1.I. The number of aliphatic imine (C=N–C) groups is 1. The average Bonchev–Trinajstić information content (AvgIpc) is 2.57. The Labute approximate surface area is 173 Å². The first kappa shape index (κ1) is 22.5. The Bertz CT molecular complexity index is 540. The molecule has 0 amide bonds. The number of morpholine rings is 1. The molecule has 1 N–H and O–H groups in total. The Kier molecular flexibility index (Phi) is 10.1. The van der Waals surface area contributed by atoms with Crippen LogP contribution in [-0.2, 0) is 11.3 Å². The molecule has 1 heterocycles. The van der Waals surface area contributed by atoms with Gasteiger partial charge in [-0.15, -0.1) is 24.0 Å². The van der Waals surface area contributed by atoms with Crippen molar-refractivity contribution >= 4 is 41.5 Å². The van der Waals surface area contributed by atoms with Crippen LogP contribution in [0.3, 0.4) is 0 Å². The molecule has 7 heteroatoms. The normalized spacial score (nSPS) is 19.9. The summed E-state index contributed by atoms with van der Waals surface area (Å²) in [5, 5.41) is 4.25. The molecule has 2 rings (SSSR count). The van der Waals surface area contributed by atoms with Crippen molar-refractivity contribution in [2.24, 2.45) is 4.99 Å². The van der Waals surface area contributed by atoms with E-state index in [-0.39, 0.29) is 24.0 Å². The molecule has 25 heavy (non-hydrogen) atoms. The minimum absolute atomic E-state index is 0. The molecule has 0 spiro atoms. The highest BCUT2D eigenvalue weighted by Gasteiger charge is 2.23. The maximum Gasteiger partial charge on any atom is 0.193 e. The minimum atomic E-state index is 0. The number of ether oxygens (including phenoxy) is 1.